The number of hydrogen-bond acceptors (Lipinski definition) is 10. The smallest absolute Gasteiger partial charge is 0.259 e. The number of anilines is 2. The van der Waals surface area contributed by atoms with Crippen molar-refractivity contribution in [3.63, 3.8) is 0 Å². The van der Waals surface area contributed by atoms with Crippen LogP contribution in [0.25, 0.3) is 0 Å². The fraction of sp³-hybridized carbons (Fsp3) is 0.481. The van der Waals surface area contributed by atoms with Crippen LogP contribution >= 0.6 is 43.3 Å². The van der Waals surface area contributed by atoms with Crippen LogP contribution < -0.4 is 17.2 Å². The minimum absolute atomic E-state index is 0.00949. The van der Waals surface area contributed by atoms with Crippen molar-refractivity contribution in [2.45, 2.75) is 70.5 Å². The number of carbonyl (C=O) groups is 1. The van der Waals surface area contributed by atoms with Gasteiger partial charge >= 0.3 is 0 Å². The highest BCUT2D eigenvalue weighted by atomic mass is 127. The minimum atomic E-state index is -1.19. The minimum Gasteiger partial charge on any atom is -0.399 e. The Hall–Kier alpha value is -1.69. The first-order valence-corrected chi connectivity index (χ1v) is 15.9. The van der Waals surface area contributed by atoms with Crippen molar-refractivity contribution in [2.75, 3.05) is 30.9 Å². The first-order chi connectivity index (χ1) is 19.0. The number of nitriles is 1. The molecule has 0 aliphatic carbocycles. The van der Waals surface area contributed by atoms with E-state index in [1.807, 2.05) is 37.4 Å². The third-order valence-corrected chi connectivity index (χ3v) is 8.14. The van der Waals surface area contributed by atoms with Crippen LogP contribution in [0.3, 0.4) is 0 Å². The molecule has 0 spiro atoms. The summed E-state index contributed by atoms with van der Waals surface area (Å²) in [5.41, 5.74) is 17.8. The number of benzene rings is 2. The summed E-state index contributed by atoms with van der Waals surface area (Å²) >= 11 is 3.41. The Labute approximate surface area is 258 Å². The second-order valence-electron chi connectivity index (χ2n) is 8.90. The van der Waals surface area contributed by atoms with Crippen molar-refractivity contribution in [1.82, 2.24) is 4.67 Å². The van der Waals surface area contributed by atoms with Crippen molar-refractivity contribution in [2.24, 2.45) is 5.73 Å². The highest BCUT2D eigenvalue weighted by Crippen LogP contribution is 2.47. The lowest BCUT2D eigenvalue weighted by atomic mass is 10.2. The molecular weight excluding hydrogens is 664 g/mol. The van der Waals surface area contributed by atoms with Gasteiger partial charge in [-0.05, 0) is 89.4 Å². The molecule has 0 aliphatic heterocycles. The van der Waals surface area contributed by atoms with Crippen molar-refractivity contribution in [3.8, 4) is 6.07 Å². The van der Waals surface area contributed by atoms with Gasteiger partial charge in [0.05, 0.1) is 31.8 Å². The largest absolute Gasteiger partial charge is 0.399 e. The van der Waals surface area contributed by atoms with Crippen LogP contribution in [-0.4, -0.2) is 48.2 Å². The van der Waals surface area contributed by atoms with Crippen LogP contribution in [0.1, 0.15) is 57.8 Å². The molecule has 0 heterocycles. The van der Waals surface area contributed by atoms with E-state index < -0.39 is 14.4 Å². The first kappa shape index (κ1) is 38.3. The number of primary amides is 1. The maximum atomic E-state index is 10.5. The van der Waals surface area contributed by atoms with E-state index in [1.54, 1.807) is 59.0 Å². The van der Waals surface area contributed by atoms with Gasteiger partial charge < -0.3 is 26.2 Å². The summed E-state index contributed by atoms with van der Waals surface area (Å²) in [5, 5.41) is 8.65. The van der Waals surface area contributed by atoms with E-state index in [9.17, 15) is 4.79 Å². The van der Waals surface area contributed by atoms with Gasteiger partial charge in [-0.2, -0.15) is 8.48 Å². The first-order valence-electron chi connectivity index (χ1n) is 12.7. The fourth-order valence-electron chi connectivity index (χ4n) is 3.00. The average molecular weight is 708 g/mol. The van der Waals surface area contributed by atoms with Crippen LogP contribution in [0, 0.1) is 11.3 Å². The Kier molecular flexibility index (Phi) is 22.0. The SMILES string of the molecule is CC(CCOOI)OP(OCCC#N)N(C(C)C)C(C)C.CSc1ccc(N)cc1.NC(=O)c1ccc(N)cc1. The number of hydrogen-bond donors (Lipinski definition) is 3. The summed E-state index contributed by atoms with van der Waals surface area (Å²) in [7, 11) is -1.19. The molecule has 6 N–H and O–H groups in total. The molecule has 10 nitrogen and oxygen atoms in total. The molecule has 2 rings (SSSR count). The lowest BCUT2D eigenvalue weighted by Crippen LogP contribution is -2.34. The maximum Gasteiger partial charge on any atom is 0.259 e. The summed E-state index contributed by atoms with van der Waals surface area (Å²) in [6.45, 7) is 11.3. The molecule has 0 radical (unpaired) electrons. The van der Waals surface area contributed by atoms with E-state index in [0.717, 1.165) is 5.69 Å². The van der Waals surface area contributed by atoms with Gasteiger partial charge in [0.2, 0.25) is 5.91 Å². The highest BCUT2D eigenvalue weighted by Gasteiger charge is 2.28. The Morgan fingerprint density at radius 1 is 1.00 bits per heavy atom. The lowest BCUT2D eigenvalue weighted by molar-refractivity contribution is -0.170. The normalized spacial score (nSPS) is 12.1. The van der Waals surface area contributed by atoms with Crippen LogP contribution in [-0.2, 0) is 17.2 Å². The zero-order valence-electron chi connectivity index (χ0n) is 24.1. The van der Waals surface area contributed by atoms with Gasteiger partial charge in [-0.1, -0.05) is 0 Å². The van der Waals surface area contributed by atoms with E-state index in [2.05, 4.69) is 41.7 Å². The van der Waals surface area contributed by atoms with Gasteiger partial charge in [0.15, 0.2) is 23.0 Å². The number of nitrogens with two attached hydrogens (primary N) is 3. The molecule has 2 aromatic carbocycles. The van der Waals surface area contributed by atoms with E-state index in [1.165, 1.54) is 4.90 Å². The van der Waals surface area contributed by atoms with Crippen molar-refractivity contribution in [3.05, 3.63) is 54.1 Å². The number of carbonyl (C=O) groups excluding carboxylic acids is 1. The third kappa shape index (κ3) is 17.9. The number of rotatable bonds is 14. The fourth-order valence-corrected chi connectivity index (χ4v) is 5.30. The molecular formula is C27H43IN5O5PS. The van der Waals surface area contributed by atoms with E-state index in [-0.39, 0.29) is 6.10 Å². The monoisotopic (exact) mass is 707 g/mol. The van der Waals surface area contributed by atoms with Crippen LogP contribution in [0.15, 0.2) is 53.4 Å². The number of halogens is 1. The van der Waals surface area contributed by atoms with Crippen molar-refractivity contribution < 1.29 is 21.9 Å². The number of nitrogen functional groups attached to an aromatic ring is 2. The van der Waals surface area contributed by atoms with E-state index in [4.69, 9.17) is 36.4 Å². The Morgan fingerprint density at radius 2 is 1.52 bits per heavy atom. The molecule has 0 bridgehead atoms. The summed E-state index contributed by atoms with van der Waals surface area (Å²) in [6, 6.07) is 17.0. The number of thioether (sulfide) groups is 1. The average Bonchev–Trinajstić information content (AvgIpc) is 2.90. The number of amides is 1. The molecule has 0 aromatic heterocycles. The second kappa shape index (κ2) is 22.9. The topological polar surface area (TPSA) is 159 Å². The molecule has 13 heteroatoms. The Morgan fingerprint density at radius 3 is 1.95 bits per heavy atom. The predicted octanol–water partition coefficient (Wildman–Crippen LogP) is 6.71. The zero-order chi connectivity index (χ0) is 30.5. The quantitative estimate of drug-likeness (QED) is 0.0366. The molecule has 2 atom stereocenters. The Bertz CT molecular complexity index is 973. The van der Waals surface area contributed by atoms with Gasteiger partial charge in [-0.15, -0.1) is 11.8 Å². The molecule has 2 unspecified atom stereocenters. The second-order valence-corrected chi connectivity index (χ2v) is 11.5. The lowest BCUT2D eigenvalue weighted by Gasteiger charge is -2.36. The zero-order valence-corrected chi connectivity index (χ0v) is 27.9. The molecule has 0 aliphatic rings. The van der Waals surface area contributed by atoms with Gasteiger partial charge in [-0.25, -0.2) is 9.56 Å². The van der Waals surface area contributed by atoms with E-state index >= 15 is 0 Å². The molecule has 0 saturated carbocycles. The van der Waals surface area contributed by atoms with Gasteiger partial charge in [0, 0.05) is 40.3 Å². The van der Waals surface area contributed by atoms with Gasteiger partial charge in [0.1, 0.15) is 0 Å². The summed E-state index contributed by atoms with van der Waals surface area (Å²) in [6.07, 6.45) is 3.12. The van der Waals surface area contributed by atoms with Crippen molar-refractivity contribution >= 4 is 60.6 Å². The third-order valence-electron chi connectivity index (χ3n) is 4.90. The summed E-state index contributed by atoms with van der Waals surface area (Å²) < 4.78 is 18.6. The highest BCUT2D eigenvalue weighted by molar-refractivity contribution is 14.1. The van der Waals surface area contributed by atoms with Gasteiger partial charge in [-0.3, -0.25) is 4.79 Å². The Balaban J connectivity index is 0.000000654. The van der Waals surface area contributed by atoms with Gasteiger partial charge in [0.25, 0.3) is 8.53 Å². The molecule has 224 valence electrons. The number of nitrogens with zero attached hydrogens (tertiary/aromatic N) is 2. The molecule has 1 amide bonds. The maximum absolute atomic E-state index is 10.5. The van der Waals surface area contributed by atoms with Crippen molar-refractivity contribution in [1.29, 1.82) is 5.26 Å². The molecule has 0 fully saturated rings. The standard InChI is InChI=1S/C13H26IN2O4P.C7H8N2O.C7H9NS/c1-11(2)16(12(3)4)21(18-9-6-8-15)19-13(5)7-10-17-20-14;8-6-3-1-5(2-4-6)7(9)10;1-9-7-4-2-6(8)3-5-7/h11-13H,6-7,9-10H2,1-5H3;1-4H,8H2,(H2,9,10);2-5H,8H2,1H3. The van der Waals surface area contributed by atoms with Crippen LogP contribution in [0.5, 0.6) is 0 Å². The predicted molar refractivity (Wildman–Crippen MR) is 173 cm³/mol. The molecule has 0 saturated heterocycles. The van der Waals surface area contributed by atoms with Crippen LogP contribution in [0.4, 0.5) is 11.4 Å². The summed E-state index contributed by atoms with van der Waals surface area (Å²) in [5.74, 6) is -0.431. The van der Waals surface area contributed by atoms with E-state index in [0.29, 0.717) is 49.4 Å². The summed E-state index contributed by atoms with van der Waals surface area (Å²) in [4.78, 5) is 16.6. The molecule has 40 heavy (non-hydrogen) atoms. The van der Waals surface area contributed by atoms with Crippen LogP contribution in [0.2, 0.25) is 0 Å². The molecule has 2 aromatic rings.